The van der Waals surface area contributed by atoms with Gasteiger partial charge in [-0.25, -0.2) is 4.18 Å². The summed E-state index contributed by atoms with van der Waals surface area (Å²) < 4.78 is 34.9. The highest BCUT2D eigenvalue weighted by Gasteiger charge is 2.65. The van der Waals surface area contributed by atoms with Crippen LogP contribution >= 0.6 is 0 Å². The summed E-state index contributed by atoms with van der Waals surface area (Å²) in [5, 5.41) is 42.9. The molecule has 0 aromatic heterocycles. The number of aliphatic hydroxyl groups is 4. The maximum Gasteiger partial charge on any atom is 0.397 e. The lowest BCUT2D eigenvalue weighted by atomic mass is 9.43. The molecule has 8 nitrogen and oxygen atoms in total. The van der Waals surface area contributed by atoms with Gasteiger partial charge in [0.1, 0.15) is 0 Å². The molecule has 0 bridgehead atoms. The number of hydrogen-bond donors (Lipinski definition) is 5. The minimum absolute atomic E-state index is 0.0680. The number of aliphatic hydroxyl groups excluding tert-OH is 4. The van der Waals surface area contributed by atoms with Gasteiger partial charge in [-0.2, -0.15) is 8.42 Å². The van der Waals surface area contributed by atoms with Gasteiger partial charge in [-0.1, -0.05) is 33.6 Å². The topological polar surface area (TPSA) is 145 Å². The lowest BCUT2D eigenvalue weighted by Gasteiger charge is -2.63. The molecule has 0 saturated heterocycles. The maximum absolute atomic E-state index is 11.7. The molecule has 210 valence electrons. The van der Waals surface area contributed by atoms with E-state index in [1.165, 1.54) is 0 Å². The molecule has 0 amide bonds. The van der Waals surface area contributed by atoms with Gasteiger partial charge in [0.15, 0.2) is 0 Å². The quantitative estimate of drug-likeness (QED) is 0.285. The van der Waals surface area contributed by atoms with Crippen LogP contribution in [0.3, 0.4) is 0 Å². The Hall–Kier alpha value is -0.290. The Labute approximate surface area is 216 Å². The lowest BCUT2D eigenvalue weighted by molar-refractivity contribution is -0.207. The second-order valence-electron chi connectivity index (χ2n) is 13.2. The van der Waals surface area contributed by atoms with Crippen molar-refractivity contribution in [2.75, 3.05) is 13.2 Å². The van der Waals surface area contributed by atoms with Gasteiger partial charge in [0.25, 0.3) is 0 Å². The van der Waals surface area contributed by atoms with Crippen LogP contribution < -0.4 is 0 Å². The third kappa shape index (κ3) is 5.27. The SMILES string of the molecule is C[C@H](CCC[C@H](CO)COS(=O)(=O)O)[C@H]1CCC2C3C(C[C@H](O)[C@@]21C)[C@@]1(C)CC[C@@H](O)C[C@H]1C[C@H]3O. The predicted molar refractivity (Wildman–Crippen MR) is 135 cm³/mol. The Balaban J connectivity index is 1.42. The van der Waals surface area contributed by atoms with Crippen molar-refractivity contribution >= 4 is 10.4 Å². The Morgan fingerprint density at radius 1 is 1.00 bits per heavy atom. The van der Waals surface area contributed by atoms with E-state index in [0.717, 1.165) is 57.8 Å². The molecule has 36 heavy (non-hydrogen) atoms. The third-order valence-electron chi connectivity index (χ3n) is 11.5. The fraction of sp³-hybridized carbons (Fsp3) is 1.00. The van der Waals surface area contributed by atoms with Crippen LogP contribution in [0.15, 0.2) is 0 Å². The third-order valence-corrected chi connectivity index (χ3v) is 11.9. The van der Waals surface area contributed by atoms with E-state index in [-0.39, 0.29) is 59.9 Å². The maximum atomic E-state index is 11.7. The summed E-state index contributed by atoms with van der Waals surface area (Å²) in [5.41, 5.74) is -0.179. The largest absolute Gasteiger partial charge is 0.397 e. The van der Waals surface area contributed by atoms with E-state index in [0.29, 0.717) is 24.2 Å². The van der Waals surface area contributed by atoms with Crippen LogP contribution in [-0.4, -0.2) is 64.9 Å². The van der Waals surface area contributed by atoms with E-state index in [2.05, 4.69) is 25.0 Å². The van der Waals surface area contributed by atoms with E-state index in [1.807, 2.05) is 0 Å². The Morgan fingerprint density at radius 2 is 1.72 bits per heavy atom. The Morgan fingerprint density at radius 3 is 2.39 bits per heavy atom. The van der Waals surface area contributed by atoms with Crippen molar-refractivity contribution in [3.8, 4) is 0 Å². The molecule has 4 saturated carbocycles. The van der Waals surface area contributed by atoms with Crippen LogP contribution in [-0.2, 0) is 14.6 Å². The average Bonchev–Trinajstić information content (AvgIpc) is 3.16. The monoisotopic (exact) mass is 532 g/mol. The Bertz CT molecular complexity index is 866. The summed E-state index contributed by atoms with van der Waals surface area (Å²) in [6.45, 7) is 6.39. The van der Waals surface area contributed by atoms with Crippen molar-refractivity contribution in [2.24, 2.45) is 52.3 Å². The summed E-state index contributed by atoms with van der Waals surface area (Å²) in [6.07, 6.45) is 7.30. The molecule has 9 heteroatoms. The fourth-order valence-electron chi connectivity index (χ4n) is 9.47. The van der Waals surface area contributed by atoms with Crippen LogP contribution in [0.1, 0.15) is 85.0 Å². The first-order chi connectivity index (χ1) is 16.8. The van der Waals surface area contributed by atoms with Crippen LogP contribution in [0, 0.1) is 52.3 Å². The second kappa shape index (κ2) is 10.7. The summed E-state index contributed by atoms with van der Waals surface area (Å²) in [7, 11) is -4.51. The summed E-state index contributed by atoms with van der Waals surface area (Å²) in [5.74, 6) is 1.42. The summed E-state index contributed by atoms with van der Waals surface area (Å²) in [4.78, 5) is 0. The van der Waals surface area contributed by atoms with Gasteiger partial charge in [0, 0.05) is 12.5 Å². The van der Waals surface area contributed by atoms with Gasteiger partial charge >= 0.3 is 10.4 Å². The van der Waals surface area contributed by atoms with Gasteiger partial charge in [0.05, 0.1) is 24.9 Å². The average molecular weight is 533 g/mol. The van der Waals surface area contributed by atoms with Crippen molar-refractivity contribution in [1.29, 1.82) is 0 Å². The molecule has 0 aromatic rings. The van der Waals surface area contributed by atoms with Crippen LogP contribution in [0.25, 0.3) is 0 Å². The van der Waals surface area contributed by atoms with Crippen LogP contribution in [0.2, 0.25) is 0 Å². The minimum atomic E-state index is -4.51. The highest BCUT2D eigenvalue weighted by molar-refractivity contribution is 7.80. The number of fused-ring (bicyclic) bond motifs is 5. The highest BCUT2D eigenvalue weighted by atomic mass is 32.3. The first-order valence-electron chi connectivity index (χ1n) is 14.1. The zero-order valence-corrected chi connectivity index (χ0v) is 22.9. The first-order valence-corrected chi connectivity index (χ1v) is 15.4. The first kappa shape index (κ1) is 28.7. The molecule has 4 fully saturated rings. The van der Waals surface area contributed by atoms with Crippen molar-refractivity contribution < 1.29 is 37.6 Å². The van der Waals surface area contributed by atoms with E-state index < -0.39 is 16.5 Å². The van der Waals surface area contributed by atoms with Crippen LogP contribution in [0.4, 0.5) is 0 Å². The fourth-order valence-corrected chi connectivity index (χ4v) is 9.84. The molecular weight excluding hydrogens is 484 g/mol. The van der Waals surface area contributed by atoms with E-state index in [9.17, 15) is 28.8 Å². The molecular formula is C27H48O8S. The van der Waals surface area contributed by atoms with E-state index in [1.54, 1.807) is 0 Å². The molecule has 4 aliphatic rings. The van der Waals surface area contributed by atoms with Gasteiger partial charge < -0.3 is 20.4 Å². The van der Waals surface area contributed by atoms with Gasteiger partial charge in [-0.3, -0.25) is 4.55 Å². The smallest absolute Gasteiger partial charge is 0.396 e. The zero-order valence-electron chi connectivity index (χ0n) is 22.1. The standard InChI is InChI=1S/C27H48O8S/c1-16(5-4-6-17(14-28)15-35-36(32,33)34)20-7-8-21-25-22(13-24(31)27(20,21)3)26(2)10-9-19(29)11-18(26)12-23(25)30/h16-25,28-31H,4-15H2,1-3H3,(H,32,33,34)/t16-,17-,18+,19-,20-,21?,22?,23-,24+,25?,26+,27-/m1/s1. The molecule has 12 atom stereocenters. The molecule has 3 unspecified atom stereocenters. The van der Waals surface area contributed by atoms with Crippen molar-refractivity contribution in [3.05, 3.63) is 0 Å². The molecule has 5 N–H and O–H groups in total. The molecule has 4 rings (SSSR count). The second-order valence-corrected chi connectivity index (χ2v) is 14.3. The molecule has 0 radical (unpaired) electrons. The molecule has 0 heterocycles. The number of hydrogen-bond acceptors (Lipinski definition) is 7. The van der Waals surface area contributed by atoms with Gasteiger partial charge in [0.2, 0.25) is 0 Å². The zero-order chi connectivity index (χ0) is 26.5. The molecule has 0 aliphatic heterocycles. The van der Waals surface area contributed by atoms with Gasteiger partial charge in [-0.15, -0.1) is 0 Å². The van der Waals surface area contributed by atoms with Crippen molar-refractivity contribution in [1.82, 2.24) is 0 Å². The minimum Gasteiger partial charge on any atom is -0.396 e. The summed E-state index contributed by atoms with van der Waals surface area (Å²) in [6, 6.07) is 0. The number of rotatable bonds is 9. The predicted octanol–water partition coefficient (Wildman–Crippen LogP) is 3.18. The Kier molecular flexibility index (Phi) is 8.53. The summed E-state index contributed by atoms with van der Waals surface area (Å²) >= 11 is 0. The van der Waals surface area contributed by atoms with E-state index >= 15 is 0 Å². The molecule has 0 spiro atoms. The lowest BCUT2D eigenvalue weighted by Crippen LogP contribution is -2.62. The van der Waals surface area contributed by atoms with E-state index in [4.69, 9.17) is 4.55 Å². The van der Waals surface area contributed by atoms with Crippen molar-refractivity contribution in [2.45, 2.75) is 103 Å². The normalized spacial score (nSPS) is 46.4. The van der Waals surface area contributed by atoms with Crippen molar-refractivity contribution in [3.63, 3.8) is 0 Å². The molecule has 4 aliphatic carbocycles. The molecule has 0 aromatic carbocycles. The van der Waals surface area contributed by atoms with Gasteiger partial charge in [-0.05, 0) is 97.7 Å². The van der Waals surface area contributed by atoms with Crippen LogP contribution in [0.5, 0.6) is 0 Å². The highest BCUT2D eigenvalue weighted by Crippen LogP contribution is 2.68.